The predicted molar refractivity (Wildman–Crippen MR) is 111 cm³/mol. The number of aryl methyl sites for hydroxylation is 1. The van der Waals surface area contributed by atoms with Gasteiger partial charge in [0.1, 0.15) is 0 Å². The molecule has 7 nitrogen and oxygen atoms in total. The highest BCUT2D eigenvalue weighted by atomic mass is 32.2. The van der Waals surface area contributed by atoms with Crippen molar-refractivity contribution in [3.8, 4) is 16.9 Å². The van der Waals surface area contributed by atoms with Crippen LogP contribution < -0.4 is 5.32 Å². The van der Waals surface area contributed by atoms with Crippen molar-refractivity contribution in [2.45, 2.75) is 12.1 Å². The maximum atomic E-state index is 13.4. The van der Waals surface area contributed by atoms with Gasteiger partial charge in [0.25, 0.3) is 0 Å². The molecule has 0 unspecified atom stereocenters. The van der Waals surface area contributed by atoms with E-state index >= 15 is 0 Å². The Morgan fingerprint density at radius 3 is 2.87 bits per heavy atom. The number of tetrazole rings is 1. The van der Waals surface area contributed by atoms with Crippen molar-refractivity contribution in [2.24, 2.45) is 0 Å². The number of halogens is 2. The van der Waals surface area contributed by atoms with E-state index in [0.717, 1.165) is 23.4 Å². The second-order valence-corrected chi connectivity index (χ2v) is 8.02. The molecule has 0 aliphatic rings. The molecule has 0 radical (unpaired) electrons. The van der Waals surface area contributed by atoms with Crippen LogP contribution in [0.3, 0.4) is 0 Å². The monoisotopic (exact) mass is 444 g/mol. The molecule has 2 heterocycles. The van der Waals surface area contributed by atoms with Crippen molar-refractivity contribution < 1.29 is 13.6 Å². The highest BCUT2D eigenvalue weighted by Gasteiger charge is 2.14. The third-order valence-electron chi connectivity index (χ3n) is 3.99. The van der Waals surface area contributed by atoms with Crippen LogP contribution in [0.15, 0.2) is 53.0 Å². The van der Waals surface area contributed by atoms with Gasteiger partial charge in [0.15, 0.2) is 16.8 Å². The summed E-state index contributed by atoms with van der Waals surface area (Å²) in [5.41, 5.74) is 2.75. The van der Waals surface area contributed by atoms with E-state index in [9.17, 15) is 13.6 Å². The lowest BCUT2D eigenvalue weighted by Crippen LogP contribution is -2.14. The lowest BCUT2D eigenvalue weighted by molar-refractivity contribution is -0.113. The molecule has 0 spiro atoms. The second kappa shape index (κ2) is 8.67. The molecule has 0 atom stereocenters. The van der Waals surface area contributed by atoms with E-state index in [1.807, 2.05) is 31.2 Å². The van der Waals surface area contributed by atoms with E-state index in [4.69, 9.17) is 0 Å². The molecule has 1 N–H and O–H groups in total. The van der Waals surface area contributed by atoms with Crippen molar-refractivity contribution in [3.05, 3.63) is 65.0 Å². The van der Waals surface area contributed by atoms with Crippen LogP contribution >= 0.6 is 23.1 Å². The summed E-state index contributed by atoms with van der Waals surface area (Å²) >= 11 is 2.38. The molecule has 4 rings (SSSR count). The summed E-state index contributed by atoms with van der Waals surface area (Å²) in [6.07, 6.45) is 0. The SMILES string of the molecule is Cc1cccc(-n2nnnc2SCC(=O)Nc2nc(-c3ccc(F)c(F)c3)cs2)c1. The summed E-state index contributed by atoms with van der Waals surface area (Å²) in [7, 11) is 0. The number of nitrogens with zero attached hydrogens (tertiary/aromatic N) is 5. The van der Waals surface area contributed by atoms with E-state index in [1.165, 1.54) is 29.2 Å². The second-order valence-electron chi connectivity index (χ2n) is 6.22. The van der Waals surface area contributed by atoms with Gasteiger partial charge < -0.3 is 5.32 Å². The Balaban J connectivity index is 1.39. The van der Waals surface area contributed by atoms with Gasteiger partial charge in [-0.1, -0.05) is 23.9 Å². The van der Waals surface area contributed by atoms with E-state index < -0.39 is 11.6 Å². The van der Waals surface area contributed by atoms with Crippen molar-refractivity contribution in [1.82, 2.24) is 25.2 Å². The third-order valence-corrected chi connectivity index (χ3v) is 5.66. The van der Waals surface area contributed by atoms with Gasteiger partial charge in [0, 0.05) is 10.9 Å². The van der Waals surface area contributed by atoms with Crippen molar-refractivity contribution in [1.29, 1.82) is 0 Å². The number of hydrogen-bond acceptors (Lipinski definition) is 7. The van der Waals surface area contributed by atoms with Crippen LogP contribution in [-0.2, 0) is 4.79 Å². The molecule has 11 heteroatoms. The first-order valence-electron chi connectivity index (χ1n) is 8.68. The normalized spacial score (nSPS) is 10.9. The average Bonchev–Trinajstić information content (AvgIpc) is 3.38. The van der Waals surface area contributed by atoms with Crippen LogP contribution in [0.2, 0.25) is 0 Å². The van der Waals surface area contributed by atoms with Gasteiger partial charge >= 0.3 is 0 Å². The Kier molecular flexibility index (Phi) is 5.81. The van der Waals surface area contributed by atoms with Gasteiger partial charge in [-0.25, -0.2) is 13.8 Å². The molecule has 0 bridgehead atoms. The predicted octanol–water partition coefficient (Wildman–Crippen LogP) is 4.10. The van der Waals surface area contributed by atoms with Gasteiger partial charge in [-0.05, 0) is 53.2 Å². The zero-order chi connectivity index (χ0) is 21.1. The van der Waals surface area contributed by atoms with E-state index in [2.05, 4.69) is 25.8 Å². The number of anilines is 1. The molecule has 152 valence electrons. The fourth-order valence-electron chi connectivity index (χ4n) is 2.60. The van der Waals surface area contributed by atoms with Crippen molar-refractivity contribution in [2.75, 3.05) is 11.1 Å². The topological polar surface area (TPSA) is 85.6 Å². The number of carbonyl (C=O) groups excluding carboxylic acids is 1. The smallest absolute Gasteiger partial charge is 0.236 e. The lowest BCUT2D eigenvalue weighted by atomic mass is 10.2. The summed E-state index contributed by atoms with van der Waals surface area (Å²) in [6.45, 7) is 1.97. The van der Waals surface area contributed by atoms with Crippen LogP contribution in [0.4, 0.5) is 13.9 Å². The number of benzene rings is 2. The fourth-order valence-corrected chi connectivity index (χ4v) is 4.02. The van der Waals surface area contributed by atoms with Crippen LogP contribution in [0, 0.1) is 18.6 Å². The Labute approximate surface area is 178 Å². The van der Waals surface area contributed by atoms with Crippen molar-refractivity contribution >= 4 is 34.1 Å². The van der Waals surface area contributed by atoms with Gasteiger partial charge in [0.2, 0.25) is 11.1 Å². The molecule has 0 saturated heterocycles. The van der Waals surface area contributed by atoms with E-state index in [1.54, 1.807) is 10.1 Å². The molecule has 2 aromatic heterocycles. The van der Waals surface area contributed by atoms with Crippen LogP contribution in [0.5, 0.6) is 0 Å². The van der Waals surface area contributed by atoms with Crippen LogP contribution in [-0.4, -0.2) is 36.9 Å². The molecule has 1 amide bonds. The van der Waals surface area contributed by atoms with Gasteiger partial charge in [-0.2, -0.15) is 4.68 Å². The summed E-state index contributed by atoms with van der Waals surface area (Å²) in [4.78, 5) is 16.6. The molecule has 4 aromatic rings. The number of aromatic nitrogens is 5. The van der Waals surface area contributed by atoms with Crippen LogP contribution in [0.1, 0.15) is 5.56 Å². The molecule has 0 saturated carbocycles. The minimum Gasteiger partial charge on any atom is -0.301 e. The lowest BCUT2D eigenvalue weighted by Gasteiger charge is -2.05. The van der Waals surface area contributed by atoms with Crippen LogP contribution in [0.25, 0.3) is 16.9 Å². The first-order valence-corrected chi connectivity index (χ1v) is 10.5. The molecule has 0 fully saturated rings. The largest absolute Gasteiger partial charge is 0.301 e. The Morgan fingerprint density at radius 1 is 1.20 bits per heavy atom. The molecule has 2 aromatic carbocycles. The van der Waals surface area contributed by atoms with Gasteiger partial charge in [-0.3, -0.25) is 4.79 Å². The van der Waals surface area contributed by atoms with Crippen molar-refractivity contribution in [3.63, 3.8) is 0 Å². The first-order chi connectivity index (χ1) is 14.5. The molecule has 0 aliphatic heterocycles. The number of amides is 1. The summed E-state index contributed by atoms with van der Waals surface area (Å²) < 4.78 is 28.1. The quantitative estimate of drug-likeness (QED) is 0.451. The number of nitrogens with one attached hydrogen (secondary N) is 1. The number of carbonyl (C=O) groups is 1. The fraction of sp³-hybridized carbons (Fsp3) is 0.105. The van der Waals surface area contributed by atoms with E-state index in [0.29, 0.717) is 21.5 Å². The molecule has 30 heavy (non-hydrogen) atoms. The minimum atomic E-state index is -0.950. The summed E-state index contributed by atoms with van der Waals surface area (Å²) in [5, 5.41) is 16.8. The Morgan fingerprint density at radius 2 is 2.07 bits per heavy atom. The summed E-state index contributed by atoms with van der Waals surface area (Å²) in [6, 6.07) is 11.2. The average molecular weight is 444 g/mol. The Hall–Kier alpha value is -3.18. The maximum Gasteiger partial charge on any atom is 0.236 e. The molecular formula is C19H14F2N6OS2. The number of rotatable bonds is 6. The van der Waals surface area contributed by atoms with Gasteiger partial charge in [0.05, 0.1) is 17.1 Å². The molecular weight excluding hydrogens is 430 g/mol. The highest BCUT2D eigenvalue weighted by molar-refractivity contribution is 7.99. The standard InChI is InChI=1S/C19H14F2N6OS2/c1-11-3-2-4-13(7-11)27-19(24-25-26-27)30-10-17(28)23-18-22-16(9-29-18)12-5-6-14(20)15(21)8-12/h2-9H,10H2,1H3,(H,22,23,28). The Bertz CT molecular complexity index is 1210. The minimum absolute atomic E-state index is 0.0757. The molecule has 0 aliphatic carbocycles. The zero-order valence-corrected chi connectivity index (χ0v) is 17.2. The zero-order valence-electron chi connectivity index (χ0n) is 15.5. The summed E-state index contributed by atoms with van der Waals surface area (Å²) in [5.74, 6) is -2.09. The first kappa shape index (κ1) is 20.1. The number of thioether (sulfide) groups is 1. The highest BCUT2D eigenvalue weighted by Crippen LogP contribution is 2.26. The van der Waals surface area contributed by atoms with E-state index in [-0.39, 0.29) is 11.7 Å². The number of hydrogen-bond donors (Lipinski definition) is 1. The number of thiazole rings is 1. The maximum absolute atomic E-state index is 13.4. The van der Waals surface area contributed by atoms with Gasteiger partial charge in [-0.15, -0.1) is 16.4 Å². The third kappa shape index (κ3) is 4.52.